The van der Waals surface area contributed by atoms with Gasteiger partial charge in [-0.1, -0.05) is 64.0 Å². The Kier molecular flexibility index (Phi) is 13.5. The lowest BCUT2D eigenvalue weighted by Gasteiger charge is -2.08. The fourth-order valence-electron chi connectivity index (χ4n) is 3.05. The van der Waals surface area contributed by atoms with Crippen molar-refractivity contribution in [2.45, 2.75) is 90.9 Å². The van der Waals surface area contributed by atoms with Crippen molar-refractivity contribution in [3.8, 4) is 5.75 Å². The lowest BCUT2D eigenvalue weighted by atomic mass is 10.1. The van der Waals surface area contributed by atoms with E-state index < -0.39 is 0 Å². The van der Waals surface area contributed by atoms with Gasteiger partial charge in [-0.15, -0.1) is 0 Å². The Balaban J connectivity index is 2.01. The molecular formula is C24H36O5. The fourth-order valence-corrected chi connectivity index (χ4v) is 3.05. The van der Waals surface area contributed by atoms with Crippen LogP contribution in [0, 0.1) is 0 Å². The highest BCUT2D eigenvalue weighted by Gasteiger charge is 2.11. The minimum atomic E-state index is -0.305. The van der Waals surface area contributed by atoms with Crippen LogP contribution in [0.2, 0.25) is 0 Å². The molecule has 0 fully saturated rings. The maximum absolute atomic E-state index is 12.0. The van der Waals surface area contributed by atoms with Gasteiger partial charge >= 0.3 is 11.9 Å². The molecule has 0 N–H and O–H groups in total. The first-order chi connectivity index (χ1) is 14.0. The van der Waals surface area contributed by atoms with Gasteiger partial charge in [0.2, 0.25) is 0 Å². The highest BCUT2D eigenvalue weighted by Crippen LogP contribution is 2.19. The Labute approximate surface area is 175 Å². The third-order valence-electron chi connectivity index (χ3n) is 4.76. The van der Waals surface area contributed by atoms with Crippen molar-refractivity contribution in [2.24, 2.45) is 0 Å². The molecule has 0 radical (unpaired) electrons. The van der Waals surface area contributed by atoms with Crippen LogP contribution in [0.3, 0.4) is 0 Å². The van der Waals surface area contributed by atoms with Crippen LogP contribution in [-0.2, 0) is 14.3 Å². The molecule has 162 valence electrons. The van der Waals surface area contributed by atoms with E-state index in [0.717, 1.165) is 51.4 Å². The molecular weight excluding hydrogens is 368 g/mol. The number of Topliss-reactive ketones (excluding diaryl/α,β-unsaturated/α-hetero) is 1. The molecule has 0 amide bonds. The minimum absolute atomic E-state index is 0.0879. The lowest BCUT2D eigenvalue weighted by Crippen LogP contribution is -2.10. The second kappa shape index (κ2) is 15.7. The van der Waals surface area contributed by atoms with Crippen LogP contribution in [0.4, 0.5) is 0 Å². The van der Waals surface area contributed by atoms with Crippen molar-refractivity contribution >= 4 is 17.7 Å². The average Bonchev–Trinajstić information content (AvgIpc) is 2.70. The van der Waals surface area contributed by atoms with Gasteiger partial charge in [0.15, 0.2) is 5.78 Å². The van der Waals surface area contributed by atoms with Crippen molar-refractivity contribution in [2.75, 3.05) is 6.61 Å². The topological polar surface area (TPSA) is 69.7 Å². The zero-order valence-electron chi connectivity index (χ0n) is 18.0. The van der Waals surface area contributed by atoms with E-state index in [-0.39, 0.29) is 17.7 Å². The molecule has 0 saturated carbocycles. The highest BCUT2D eigenvalue weighted by molar-refractivity contribution is 5.97. The normalized spacial score (nSPS) is 10.6. The van der Waals surface area contributed by atoms with Gasteiger partial charge in [-0.25, -0.2) is 0 Å². The van der Waals surface area contributed by atoms with Gasteiger partial charge in [-0.05, 0) is 38.3 Å². The zero-order chi connectivity index (χ0) is 21.3. The third kappa shape index (κ3) is 12.1. The van der Waals surface area contributed by atoms with Crippen LogP contribution >= 0.6 is 0 Å². The number of hydrogen-bond acceptors (Lipinski definition) is 5. The van der Waals surface area contributed by atoms with Gasteiger partial charge in [0.1, 0.15) is 5.75 Å². The maximum atomic E-state index is 12.0. The van der Waals surface area contributed by atoms with Gasteiger partial charge in [0.25, 0.3) is 0 Å². The lowest BCUT2D eigenvalue weighted by molar-refractivity contribution is -0.144. The van der Waals surface area contributed by atoms with Gasteiger partial charge in [-0.2, -0.15) is 0 Å². The number of hydrogen-bond donors (Lipinski definition) is 0. The SMILES string of the molecule is CCCCCCOC(=O)CCCCCCCCC(=O)Oc1ccccc1C(C)=O. The van der Waals surface area contributed by atoms with Gasteiger partial charge in [0, 0.05) is 12.8 Å². The largest absolute Gasteiger partial charge is 0.466 e. The Morgan fingerprint density at radius 1 is 0.759 bits per heavy atom. The second-order valence-electron chi connectivity index (χ2n) is 7.43. The van der Waals surface area contributed by atoms with Gasteiger partial charge in [-0.3, -0.25) is 14.4 Å². The molecule has 0 aliphatic rings. The second-order valence-corrected chi connectivity index (χ2v) is 7.43. The number of carbonyl (C=O) groups excluding carboxylic acids is 3. The molecule has 1 aromatic rings. The summed E-state index contributed by atoms with van der Waals surface area (Å²) < 4.78 is 10.5. The van der Waals surface area contributed by atoms with Crippen LogP contribution < -0.4 is 4.74 Å². The first kappa shape index (κ1) is 24.9. The van der Waals surface area contributed by atoms with Crippen LogP contribution in [0.5, 0.6) is 5.75 Å². The Bertz CT molecular complexity index is 623. The van der Waals surface area contributed by atoms with Gasteiger partial charge in [0.05, 0.1) is 12.2 Å². The summed E-state index contributed by atoms with van der Waals surface area (Å²) >= 11 is 0. The summed E-state index contributed by atoms with van der Waals surface area (Å²) in [5.74, 6) is -0.175. The predicted molar refractivity (Wildman–Crippen MR) is 114 cm³/mol. The first-order valence-corrected chi connectivity index (χ1v) is 11.0. The maximum Gasteiger partial charge on any atom is 0.311 e. The highest BCUT2D eigenvalue weighted by atomic mass is 16.5. The summed E-state index contributed by atoms with van der Waals surface area (Å²) in [7, 11) is 0. The minimum Gasteiger partial charge on any atom is -0.466 e. The Morgan fingerprint density at radius 2 is 1.34 bits per heavy atom. The van der Waals surface area contributed by atoms with Gasteiger partial charge < -0.3 is 9.47 Å². The molecule has 1 aromatic carbocycles. The number of para-hydroxylation sites is 1. The molecule has 0 heterocycles. The number of carbonyl (C=O) groups is 3. The number of esters is 2. The molecule has 0 saturated heterocycles. The van der Waals surface area contributed by atoms with Crippen LogP contribution in [0.1, 0.15) is 101 Å². The molecule has 0 aliphatic heterocycles. The summed E-state index contributed by atoms with van der Waals surface area (Å²) in [6.07, 6.45) is 11.0. The van der Waals surface area contributed by atoms with E-state index in [1.54, 1.807) is 24.3 Å². The van der Waals surface area contributed by atoms with Crippen LogP contribution in [0.15, 0.2) is 24.3 Å². The van der Waals surface area contributed by atoms with Crippen molar-refractivity contribution in [1.82, 2.24) is 0 Å². The van der Waals surface area contributed by atoms with E-state index >= 15 is 0 Å². The molecule has 5 nitrogen and oxygen atoms in total. The Morgan fingerprint density at radius 3 is 2.00 bits per heavy atom. The first-order valence-electron chi connectivity index (χ1n) is 11.0. The predicted octanol–water partition coefficient (Wildman–Crippen LogP) is 6.04. The number of ketones is 1. The zero-order valence-corrected chi connectivity index (χ0v) is 18.0. The molecule has 1 rings (SSSR count). The van der Waals surface area contributed by atoms with E-state index in [9.17, 15) is 14.4 Å². The molecule has 0 aromatic heterocycles. The summed E-state index contributed by atoms with van der Waals surface area (Å²) in [6, 6.07) is 6.80. The van der Waals surface area contributed by atoms with Crippen molar-refractivity contribution in [3.05, 3.63) is 29.8 Å². The molecule has 0 spiro atoms. The number of rotatable bonds is 16. The van der Waals surface area contributed by atoms with E-state index in [4.69, 9.17) is 9.47 Å². The summed E-state index contributed by atoms with van der Waals surface area (Å²) in [5, 5.41) is 0. The summed E-state index contributed by atoms with van der Waals surface area (Å²) in [4.78, 5) is 35.1. The number of benzene rings is 1. The molecule has 29 heavy (non-hydrogen) atoms. The summed E-state index contributed by atoms with van der Waals surface area (Å²) in [5.41, 5.74) is 0.431. The average molecular weight is 405 g/mol. The number of ether oxygens (including phenoxy) is 2. The van der Waals surface area contributed by atoms with Crippen LogP contribution in [0.25, 0.3) is 0 Å². The quantitative estimate of drug-likeness (QED) is 0.145. The third-order valence-corrected chi connectivity index (χ3v) is 4.76. The van der Waals surface area contributed by atoms with Crippen LogP contribution in [-0.4, -0.2) is 24.3 Å². The molecule has 0 aliphatic carbocycles. The summed E-state index contributed by atoms with van der Waals surface area (Å²) in [6.45, 7) is 4.17. The molecule has 5 heteroatoms. The Hall–Kier alpha value is -2.17. The molecule has 0 atom stereocenters. The van der Waals surface area contributed by atoms with Crippen molar-refractivity contribution in [3.63, 3.8) is 0 Å². The molecule has 0 unspecified atom stereocenters. The van der Waals surface area contributed by atoms with E-state index in [2.05, 4.69) is 6.92 Å². The van der Waals surface area contributed by atoms with E-state index in [1.807, 2.05) is 0 Å². The monoisotopic (exact) mass is 404 g/mol. The standard InChI is InChI=1S/C24H36O5/c1-3-4-5-14-19-28-23(26)17-10-8-6-7-9-11-18-24(27)29-22-16-13-12-15-21(22)20(2)25/h12-13,15-16H,3-11,14,17-19H2,1-2H3. The fraction of sp³-hybridized carbons (Fsp3) is 0.625. The smallest absolute Gasteiger partial charge is 0.311 e. The molecule has 0 bridgehead atoms. The number of unbranched alkanes of at least 4 members (excludes halogenated alkanes) is 8. The van der Waals surface area contributed by atoms with E-state index in [0.29, 0.717) is 30.8 Å². The van der Waals surface area contributed by atoms with E-state index in [1.165, 1.54) is 19.8 Å². The van der Waals surface area contributed by atoms with Crippen molar-refractivity contribution < 1.29 is 23.9 Å². The van der Waals surface area contributed by atoms with Crippen molar-refractivity contribution in [1.29, 1.82) is 0 Å².